The Hall–Kier alpha value is -0.860. The van der Waals surface area contributed by atoms with E-state index in [1.165, 1.54) is 5.56 Å². The van der Waals surface area contributed by atoms with Crippen LogP contribution in [-0.4, -0.2) is 11.7 Å². The molecule has 0 aliphatic rings. The Morgan fingerprint density at radius 1 is 1.09 bits per heavy atom. The van der Waals surface area contributed by atoms with Crippen LogP contribution >= 0.6 is 0 Å². The summed E-state index contributed by atoms with van der Waals surface area (Å²) < 4.78 is 0. The van der Waals surface area contributed by atoms with Gasteiger partial charge in [-0.2, -0.15) is 0 Å². The van der Waals surface area contributed by atoms with E-state index in [9.17, 15) is 0 Å². The van der Waals surface area contributed by atoms with Crippen molar-refractivity contribution in [3.05, 3.63) is 35.4 Å². The van der Waals surface area contributed by atoms with Crippen LogP contribution < -0.4 is 5.73 Å². The number of aliphatic hydroxyl groups is 1. The second kappa shape index (κ2) is 4.11. The standard InChI is InChI=1S/C9H13NO/c10-6-5-8-1-3-9(7-11)4-2-8/h1-4,11H,5-7,10H2. The summed E-state index contributed by atoms with van der Waals surface area (Å²) in [5.41, 5.74) is 7.56. The zero-order valence-corrected chi connectivity index (χ0v) is 6.46. The molecule has 1 aromatic rings. The second-order valence-electron chi connectivity index (χ2n) is 2.51. The predicted molar refractivity (Wildman–Crippen MR) is 45.1 cm³/mol. The third-order valence-electron chi connectivity index (χ3n) is 1.64. The fourth-order valence-electron chi connectivity index (χ4n) is 0.978. The average molecular weight is 151 g/mol. The predicted octanol–water partition coefficient (Wildman–Crippen LogP) is 0.680. The van der Waals surface area contributed by atoms with Gasteiger partial charge in [0.1, 0.15) is 0 Å². The van der Waals surface area contributed by atoms with E-state index in [4.69, 9.17) is 10.8 Å². The van der Waals surface area contributed by atoms with Gasteiger partial charge in [-0.25, -0.2) is 0 Å². The maximum Gasteiger partial charge on any atom is 0.0681 e. The molecule has 0 aliphatic heterocycles. The highest BCUT2D eigenvalue weighted by Gasteiger charge is 1.91. The van der Waals surface area contributed by atoms with Gasteiger partial charge in [-0.1, -0.05) is 24.3 Å². The lowest BCUT2D eigenvalue weighted by Gasteiger charge is -1.99. The van der Waals surface area contributed by atoms with Gasteiger partial charge in [-0.15, -0.1) is 0 Å². The molecule has 0 saturated heterocycles. The molecular formula is C9H13NO. The first-order valence-corrected chi connectivity index (χ1v) is 3.75. The van der Waals surface area contributed by atoms with Gasteiger partial charge >= 0.3 is 0 Å². The molecule has 1 rings (SSSR count). The van der Waals surface area contributed by atoms with Crippen LogP contribution in [0, 0.1) is 0 Å². The van der Waals surface area contributed by atoms with Gasteiger partial charge in [0.2, 0.25) is 0 Å². The highest BCUT2D eigenvalue weighted by molar-refractivity contribution is 5.22. The van der Waals surface area contributed by atoms with Crippen LogP contribution in [0.15, 0.2) is 24.3 Å². The number of rotatable bonds is 3. The van der Waals surface area contributed by atoms with E-state index in [1.807, 2.05) is 24.3 Å². The van der Waals surface area contributed by atoms with E-state index < -0.39 is 0 Å². The molecule has 2 nitrogen and oxygen atoms in total. The molecule has 0 fully saturated rings. The van der Waals surface area contributed by atoms with Gasteiger partial charge in [0.05, 0.1) is 6.61 Å². The van der Waals surface area contributed by atoms with Crippen molar-refractivity contribution in [1.82, 2.24) is 0 Å². The summed E-state index contributed by atoms with van der Waals surface area (Å²) in [6, 6.07) is 7.84. The summed E-state index contributed by atoms with van der Waals surface area (Å²) in [7, 11) is 0. The first-order valence-electron chi connectivity index (χ1n) is 3.75. The van der Waals surface area contributed by atoms with Gasteiger partial charge in [0.15, 0.2) is 0 Å². The summed E-state index contributed by atoms with van der Waals surface area (Å²) in [5, 5.41) is 8.73. The lowest BCUT2D eigenvalue weighted by Crippen LogP contribution is -2.02. The molecule has 0 radical (unpaired) electrons. The molecule has 0 heterocycles. The number of aliphatic hydroxyl groups excluding tert-OH is 1. The van der Waals surface area contributed by atoms with Crippen molar-refractivity contribution in [2.45, 2.75) is 13.0 Å². The first kappa shape index (κ1) is 8.24. The molecule has 60 valence electrons. The van der Waals surface area contributed by atoms with E-state index in [2.05, 4.69) is 0 Å². The maximum atomic E-state index is 8.73. The Morgan fingerprint density at radius 3 is 2.09 bits per heavy atom. The molecule has 0 bridgehead atoms. The summed E-state index contributed by atoms with van der Waals surface area (Å²) in [6.45, 7) is 0.793. The molecule has 0 saturated carbocycles. The molecule has 0 aliphatic carbocycles. The average Bonchev–Trinajstić information content (AvgIpc) is 2.07. The molecular weight excluding hydrogens is 138 g/mol. The van der Waals surface area contributed by atoms with Gasteiger partial charge in [-0.3, -0.25) is 0 Å². The van der Waals surface area contributed by atoms with Crippen molar-refractivity contribution in [2.75, 3.05) is 6.54 Å². The normalized spacial score (nSPS) is 10.0. The van der Waals surface area contributed by atoms with Gasteiger partial charge in [-0.05, 0) is 24.1 Å². The molecule has 0 unspecified atom stereocenters. The zero-order chi connectivity index (χ0) is 8.10. The fourth-order valence-corrected chi connectivity index (χ4v) is 0.978. The highest BCUT2D eigenvalue weighted by Crippen LogP contribution is 2.03. The first-order chi connectivity index (χ1) is 5.36. The summed E-state index contributed by atoms with van der Waals surface area (Å²) in [5.74, 6) is 0. The van der Waals surface area contributed by atoms with E-state index in [0.29, 0.717) is 6.54 Å². The van der Waals surface area contributed by atoms with E-state index in [-0.39, 0.29) is 6.61 Å². The number of benzene rings is 1. The van der Waals surface area contributed by atoms with Gasteiger partial charge < -0.3 is 10.8 Å². The van der Waals surface area contributed by atoms with E-state index in [1.54, 1.807) is 0 Å². The zero-order valence-electron chi connectivity index (χ0n) is 6.46. The number of hydrogen-bond donors (Lipinski definition) is 2. The summed E-state index contributed by atoms with van der Waals surface area (Å²) in [6.07, 6.45) is 0.908. The summed E-state index contributed by atoms with van der Waals surface area (Å²) in [4.78, 5) is 0. The molecule has 0 amide bonds. The third kappa shape index (κ3) is 2.33. The Kier molecular flexibility index (Phi) is 3.08. The molecule has 2 heteroatoms. The quantitative estimate of drug-likeness (QED) is 0.667. The minimum Gasteiger partial charge on any atom is -0.392 e. The smallest absolute Gasteiger partial charge is 0.0681 e. The molecule has 0 aromatic heterocycles. The lowest BCUT2D eigenvalue weighted by molar-refractivity contribution is 0.282. The summed E-state index contributed by atoms with van der Waals surface area (Å²) >= 11 is 0. The fraction of sp³-hybridized carbons (Fsp3) is 0.333. The lowest BCUT2D eigenvalue weighted by atomic mass is 10.1. The van der Waals surface area contributed by atoms with Crippen LogP contribution in [-0.2, 0) is 13.0 Å². The Bertz CT molecular complexity index is 205. The highest BCUT2D eigenvalue weighted by atomic mass is 16.3. The Labute approximate surface area is 66.7 Å². The maximum absolute atomic E-state index is 8.73. The monoisotopic (exact) mass is 151 g/mol. The molecule has 0 spiro atoms. The molecule has 0 atom stereocenters. The third-order valence-corrected chi connectivity index (χ3v) is 1.64. The van der Waals surface area contributed by atoms with Crippen LogP contribution in [0.2, 0.25) is 0 Å². The minimum atomic E-state index is 0.114. The topological polar surface area (TPSA) is 46.2 Å². The van der Waals surface area contributed by atoms with Crippen molar-refractivity contribution in [3.8, 4) is 0 Å². The van der Waals surface area contributed by atoms with Crippen LogP contribution in [0.5, 0.6) is 0 Å². The molecule has 11 heavy (non-hydrogen) atoms. The molecule has 3 N–H and O–H groups in total. The Morgan fingerprint density at radius 2 is 1.64 bits per heavy atom. The van der Waals surface area contributed by atoms with Crippen LogP contribution in [0.4, 0.5) is 0 Å². The van der Waals surface area contributed by atoms with Crippen molar-refractivity contribution in [1.29, 1.82) is 0 Å². The van der Waals surface area contributed by atoms with Crippen molar-refractivity contribution < 1.29 is 5.11 Å². The Balaban J connectivity index is 2.66. The van der Waals surface area contributed by atoms with Crippen LogP contribution in [0.3, 0.4) is 0 Å². The van der Waals surface area contributed by atoms with Gasteiger partial charge in [0.25, 0.3) is 0 Å². The largest absolute Gasteiger partial charge is 0.392 e. The van der Waals surface area contributed by atoms with E-state index in [0.717, 1.165) is 12.0 Å². The van der Waals surface area contributed by atoms with Crippen LogP contribution in [0.25, 0.3) is 0 Å². The number of hydrogen-bond acceptors (Lipinski definition) is 2. The van der Waals surface area contributed by atoms with Crippen molar-refractivity contribution >= 4 is 0 Å². The van der Waals surface area contributed by atoms with Gasteiger partial charge in [0, 0.05) is 0 Å². The number of nitrogens with two attached hydrogens (primary N) is 1. The SMILES string of the molecule is NCCc1ccc(CO)cc1. The van der Waals surface area contributed by atoms with Crippen LogP contribution in [0.1, 0.15) is 11.1 Å². The minimum absolute atomic E-state index is 0.114. The van der Waals surface area contributed by atoms with Crippen molar-refractivity contribution in [2.24, 2.45) is 5.73 Å². The second-order valence-corrected chi connectivity index (χ2v) is 2.51. The van der Waals surface area contributed by atoms with Crippen molar-refractivity contribution in [3.63, 3.8) is 0 Å². The van der Waals surface area contributed by atoms with E-state index >= 15 is 0 Å². The molecule has 1 aromatic carbocycles.